The van der Waals surface area contributed by atoms with Crippen LogP contribution in [-0.2, 0) is 14.4 Å². The summed E-state index contributed by atoms with van der Waals surface area (Å²) < 4.78 is 0. The molecule has 0 amide bonds. The molecule has 1 aliphatic rings. The number of rotatable bonds is 5. The molecule has 6 heteroatoms. The molecule has 0 aromatic rings. The number of allylic oxidation sites excluding steroid dienone is 2. The van der Waals surface area contributed by atoms with Gasteiger partial charge in [-0.05, 0) is 0 Å². The van der Waals surface area contributed by atoms with Crippen molar-refractivity contribution in [2.75, 3.05) is 0 Å². The summed E-state index contributed by atoms with van der Waals surface area (Å²) in [6.45, 7) is 0. The number of ketones is 1. The van der Waals surface area contributed by atoms with Crippen LogP contribution in [0.5, 0.6) is 0 Å². The van der Waals surface area contributed by atoms with E-state index in [-0.39, 0.29) is 18.4 Å². The van der Waals surface area contributed by atoms with Gasteiger partial charge in [0.25, 0.3) is 0 Å². The van der Waals surface area contributed by atoms with Gasteiger partial charge in [0.1, 0.15) is 5.92 Å². The molecule has 92 valence electrons. The Kier molecular flexibility index (Phi) is 4.17. The van der Waals surface area contributed by atoms with Gasteiger partial charge in [0, 0.05) is 12.0 Å². The van der Waals surface area contributed by atoms with E-state index in [4.69, 9.17) is 10.2 Å². The van der Waals surface area contributed by atoms with Crippen LogP contribution in [0, 0.1) is 5.92 Å². The van der Waals surface area contributed by atoms with E-state index >= 15 is 0 Å². The van der Waals surface area contributed by atoms with Crippen LogP contribution in [0.15, 0.2) is 23.8 Å². The maximum absolute atomic E-state index is 11.6. The SMILES string of the molecule is O=C(O)CCC(=O)C1=CC=C[C@@H](O)[C@H]1C(=O)O. The lowest BCUT2D eigenvalue weighted by atomic mass is 9.85. The van der Waals surface area contributed by atoms with Crippen molar-refractivity contribution < 1.29 is 29.7 Å². The highest BCUT2D eigenvalue weighted by Crippen LogP contribution is 2.23. The molecule has 1 rings (SSSR count). The maximum Gasteiger partial charge on any atom is 0.314 e. The van der Waals surface area contributed by atoms with Crippen molar-refractivity contribution in [1.29, 1.82) is 0 Å². The van der Waals surface area contributed by atoms with E-state index in [0.29, 0.717) is 0 Å². The minimum absolute atomic E-state index is 0.0613. The molecule has 0 saturated carbocycles. The van der Waals surface area contributed by atoms with Gasteiger partial charge >= 0.3 is 11.9 Å². The van der Waals surface area contributed by atoms with Crippen LogP contribution < -0.4 is 0 Å². The zero-order chi connectivity index (χ0) is 13.0. The number of aliphatic carboxylic acids is 2. The molecule has 2 atom stereocenters. The normalized spacial score (nSPS) is 23.0. The van der Waals surface area contributed by atoms with Crippen LogP contribution in [0.4, 0.5) is 0 Å². The first-order valence-corrected chi connectivity index (χ1v) is 4.97. The van der Waals surface area contributed by atoms with Crippen molar-refractivity contribution in [1.82, 2.24) is 0 Å². The van der Waals surface area contributed by atoms with Crippen molar-refractivity contribution >= 4 is 17.7 Å². The smallest absolute Gasteiger partial charge is 0.314 e. The van der Waals surface area contributed by atoms with Gasteiger partial charge in [0.15, 0.2) is 5.78 Å². The van der Waals surface area contributed by atoms with Crippen molar-refractivity contribution in [3.05, 3.63) is 23.8 Å². The Balaban J connectivity index is 2.82. The fourth-order valence-electron chi connectivity index (χ4n) is 1.58. The molecular weight excluding hydrogens is 228 g/mol. The molecule has 0 saturated heterocycles. The summed E-state index contributed by atoms with van der Waals surface area (Å²) in [5.41, 5.74) is -0.0613. The lowest BCUT2D eigenvalue weighted by molar-refractivity contribution is -0.144. The predicted molar refractivity (Wildman–Crippen MR) is 56.2 cm³/mol. The van der Waals surface area contributed by atoms with Gasteiger partial charge in [-0.1, -0.05) is 18.2 Å². The van der Waals surface area contributed by atoms with Gasteiger partial charge in [0.05, 0.1) is 12.5 Å². The van der Waals surface area contributed by atoms with Crippen LogP contribution in [0.1, 0.15) is 12.8 Å². The molecule has 0 aliphatic heterocycles. The van der Waals surface area contributed by atoms with E-state index in [1.54, 1.807) is 0 Å². The summed E-state index contributed by atoms with van der Waals surface area (Å²) in [4.78, 5) is 32.9. The molecule has 0 aromatic heterocycles. The quantitative estimate of drug-likeness (QED) is 0.622. The standard InChI is InChI=1S/C11H12O6/c12-7(4-5-9(14)15)6-2-1-3-8(13)10(6)11(16)17/h1-3,8,10,13H,4-5H2,(H,14,15)(H,16,17)/t8-,10+/m1/s1. The number of Topliss-reactive ketones (excluding diaryl/α,β-unsaturated/α-hetero) is 1. The Bertz CT molecular complexity index is 406. The highest BCUT2D eigenvalue weighted by atomic mass is 16.4. The fraction of sp³-hybridized carbons (Fsp3) is 0.364. The number of aliphatic hydroxyl groups is 1. The minimum Gasteiger partial charge on any atom is -0.481 e. The lowest BCUT2D eigenvalue weighted by Gasteiger charge is -2.21. The van der Waals surface area contributed by atoms with Gasteiger partial charge in [-0.2, -0.15) is 0 Å². The summed E-state index contributed by atoms with van der Waals surface area (Å²) in [6.07, 6.45) is 2.07. The van der Waals surface area contributed by atoms with Crippen LogP contribution in [-0.4, -0.2) is 39.1 Å². The monoisotopic (exact) mass is 240 g/mol. The highest BCUT2D eigenvalue weighted by Gasteiger charge is 2.33. The van der Waals surface area contributed by atoms with E-state index in [2.05, 4.69) is 0 Å². The van der Waals surface area contributed by atoms with Crippen molar-refractivity contribution in [3.63, 3.8) is 0 Å². The molecule has 0 fully saturated rings. The molecule has 17 heavy (non-hydrogen) atoms. The van der Waals surface area contributed by atoms with Crippen LogP contribution >= 0.6 is 0 Å². The largest absolute Gasteiger partial charge is 0.481 e. The van der Waals surface area contributed by atoms with Crippen molar-refractivity contribution in [2.45, 2.75) is 18.9 Å². The number of carbonyl (C=O) groups excluding carboxylic acids is 1. The van der Waals surface area contributed by atoms with Gasteiger partial charge in [-0.25, -0.2) is 0 Å². The number of carbonyl (C=O) groups is 3. The first-order chi connectivity index (χ1) is 7.93. The Morgan fingerprint density at radius 3 is 2.35 bits per heavy atom. The van der Waals surface area contributed by atoms with Gasteiger partial charge in [-0.15, -0.1) is 0 Å². The highest BCUT2D eigenvalue weighted by molar-refractivity contribution is 6.02. The van der Waals surface area contributed by atoms with Crippen LogP contribution in [0.25, 0.3) is 0 Å². The molecule has 0 aromatic carbocycles. The van der Waals surface area contributed by atoms with Crippen molar-refractivity contribution in [3.8, 4) is 0 Å². The minimum atomic E-state index is -1.32. The average molecular weight is 240 g/mol. The summed E-state index contributed by atoms with van der Waals surface area (Å²) in [6, 6.07) is 0. The molecular formula is C11H12O6. The number of carboxylic acids is 2. The summed E-state index contributed by atoms with van der Waals surface area (Å²) in [7, 11) is 0. The number of hydrogen-bond donors (Lipinski definition) is 3. The molecule has 0 bridgehead atoms. The van der Waals surface area contributed by atoms with Gasteiger partial charge in [0.2, 0.25) is 0 Å². The number of carboxylic acid groups (broad SMARTS) is 2. The number of hydrogen-bond acceptors (Lipinski definition) is 4. The average Bonchev–Trinajstić information content (AvgIpc) is 2.24. The Labute approximate surface area is 96.9 Å². The Morgan fingerprint density at radius 2 is 1.82 bits per heavy atom. The third-order valence-electron chi connectivity index (χ3n) is 2.41. The Morgan fingerprint density at radius 1 is 1.18 bits per heavy atom. The molecule has 0 unspecified atom stereocenters. The molecule has 0 radical (unpaired) electrons. The molecule has 0 heterocycles. The lowest BCUT2D eigenvalue weighted by Crippen LogP contribution is -2.33. The fourth-order valence-corrected chi connectivity index (χ4v) is 1.58. The number of aliphatic hydroxyl groups excluding tert-OH is 1. The van der Waals surface area contributed by atoms with E-state index in [0.717, 1.165) is 0 Å². The van der Waals surface area contributed by atoms with E-state index in [9.17, 15) is 19.5 Å². The summed E-state index contributed by atoms with van der Waals surface area (Å²) in [5.74, 6) is -4.32. The zero-order valence-electron chi connectivity index (χ0n) is 8.87. The second kappa shape index (κ2) is 5.40. The second-order valence-electron chi connectivity index (χ2n) is 3.63. The third-order valence-corrected chi connectivity index (χ3v) is 2.41. The third kappa shape index (κ3) is 3.25. The van der Waals surface area contributed by atoms with Gasteiger partial charge in [-0.3, -0.25) is 14.4 Å². The van der Waals surface area contributed by atoms with E-state index < -0.39 is 29.7 Å². The topological polar surface area (TPSA) is 112 Å². The first kappa shape index (κ1) is 13.1. The first-order valence-electron chi connectivity index (χ1n) is 4.97. The predicted octanol–water partition coefficient (Wildman–Crippen LogP) is -0.0218. The van der Waals surface area contributed by atoms with E-state index in [1.807, 2.05) is 0 Å². The second-order valence-corrected chi connectivity index (χ2v) is 3.63. The molecule has 0 spiro atoms. The van der Waals surface area contributed by atoms with E-state index in [1.165, 1.54) is 18.2 Å². The Hall–Kier alpha value is -1.95. The van der Waals surface area contributed by atoms with Gasteiger partial charge < -0.3 is 15.3 Å². The molecule has 6 nitrogen and oxygen atoms in total. The summed E-state index contributed by atoms with van der Waals surface area (Å²) >= 11 is 0. The maximum atomic E-state index is 11.6. The molecule has 3 N–H and O–H groups in total. The molecule has 1 aliphatic carbocycles. The van der Waals surface area contributed by atoms with Crippen molar-refractivity contribution in [2.24, 2.45) is 5.92 Å². The van der Waals surface area contributed by atoms with Crippen LogP contribution in [0.2, 0.25) is 0 Å². The summed E-state index contributed by atoms with van der Waals surface area (Å²) in [5, 5.41) is 26.8. The van der Waals surface area contributed by atoms with Crippen LogP contribution in [0.3, 0.4) is 0 Å². The zero-order valence-corrected chi connectivity index (χ0v) is 8.87.